The minimum absolute atomic E-state index is 0.123. The summed E-state index contributed by atoms with van der Waals surface area (Å²) in [7, 11) is -14.8. The van der Waals surface area contributed by atoms with Crippen LogP contribution in [-0.4, -0.2) is 51.7 Å². The van der Waals surface area contributed by atoms with Gasteiger partial charge in [0.1, 0.15) is 6.23 Å². The van der Waals surface area contributed by atoms with Crippen molar-refractivity contribution >= 4 is 23.2 Å². The molecule has 0 aromatic rings. The van der Waals surface area contributed by atoms with Crippen LogP contribution in [0.3, 0.4) is 0 Å². The lowest BCUT2D eigenvalue weighted by Crippen LogP contribution is -2.46. The van der Waals surface area contributed by atoms with E-state index in [2.05, 4.69) is 28.2 Å². The van der Waals surface area contributed by atoms with Crippen molar-refractivity contribution in [2.75, 3.05) is 19.8 Å². The largest absolute Gasteiger partial charge is 0.488 e. The van der Waals surface area contributed by atoms with Gasteiger partial charge in [-0.3, -0.25) is 9.09 Å². The summed E-state index contributed by atoms with van der Waals surface area (Å²) in [6.45, 7) is 12.9. The summed E-state index contributed by atoms with van der Waals surface area (Å²) in [5, 5.41) is 0. The van der Waals surface area contributed by atoms with Crippen LogP contribution in [0.1, 0.15) is 27.7 Å². The Bertz CT molecular complexity index is 837. The van der Waals surface area contributed by atoms with Gasteiger partial charge < -0.3 is 24.3 Å². The van der Waals surface area contributed by atoms with Crippen molar-refractivity contribution in [2.45, 2.75) is 40.0 Å². The van der Waals surface area contributed by atoms with Crippen molar-refractivity contribution < 1.29 is 46.3 Å². The van der Waals surface area contributed by atoms with Gasteiger partial charge in [0.05, 0.1) is 12.7 Å². The number of rotatable bonds is 8. The molecule has 2 aliphatic heterocycles. The summed E-state index contributed by atoms with van der Waals surface area (Å²) in [6.07, 6.45) is 2.98. The summed E-state index contributed by atoms with van der Waals surface area (Å²) in [5.41, 5.74) is 0.422. The van der Waals surface area contributed by atoms with Gasteiger partial charge in [-0.2, -0.15) is 4.31 Å². The second-order valence-corrected chi connectivity index (χ2v) is 13.4. The first-order valence-corrected chi connectivity index (χ1v) is 14.3. The van der Waals surface area contributed by atoms with Crippen LogP contribution in [0.25, 0.3) is 0 Å². The average Bonchev–Trinajstić information content (AvgIpc) is 2.75. The van der Waals surface area contributed by atoms with E-state index >= 15 is 0 Å². The number of hydrogen-bond acceptors (Lipinski definition) is 8. The first-order chi connectivity index (χ1) is 13.4. The zero-order valence-electron chi connectivity index (χ0n) is 17.6. The summed E-state index contributed by atoms with van der Waals surface area (Å²) in [6, 6.07) is 0. The Hall–Kier alpha value is -0.310. The van der Waals surface area contributed by atoms with Crippen LogP contribution >= 0.6 is 23.2 Å². The van der Waals surface area contributed by atoms with Crippen LogP contribution in [0.15, 0.2) is 24.4 Å². The monoisotopic (exact) mass is 489 g/mol. The Balaban J connectivity index is 2.06. The Morgan fingerprint density at radius 1 is 1.20 bits per heavy atom. The van der Waals surface area contributed by atoms with Crippen LogP contribution < -0.4 is 0 Å². The highest BCUT2D eigenvalue weighted by atomic mass is 31.3. The number of allylic oxidation sites excluding steroid dienone is 1. The highest BCUT2D eigenvalue weighted by molar-refractivity contribution is 7.68. The molecule has 30 heavy (non-hydrogen) atoms. The van der Waals surface area contributed by atoms with Crippen molar-refractivity contribution in [3.8, 4) is 0 Å². The van der Waals surface area contributed by atoms with Crippen molar-refractivity contribution in [2.24, 2.45) is 17.3 Å². The Morgan fingerprint density at radius 2 is 1.80 bits per heavy atom. The van der Waals surface area contributed by atoms with Crippen LogP contribution in [0, 0.1) is 17.3 Å². The van der Waals surface area contributed by atoms with E-state index in [1.165, 1.54) is 0 Å². The van der Waals surface area contributed by atoms with Gasteiger partial charge in [-0.05, 0) is 17.9 Å². The van der Waals surface area contributed by atoms with Crippen molar-refractivity contribution in [3.63, 3.8) is 0 Å². The van der Waals surface area contributed by atoms with E-state index in [9.17, 15) is 23.5 Å². The molecular formula is C16H30NO10P3. The van der Waals surface area contributed by atoms with Crippen molar-refractivity contribution in [1.82, 2.24) is 4.90 Å². The molecule has 14 heteroatoms. The van der Waals surface area contributed by atoms with E-state index in [1.807, 2.05) is 31.7 Å². The highest BCUT2D eigenvalue weighted by Crippen LogP contribution is 2.66. The fourth-order valence-corrected chi connectivity index (χ4v) is 6.94. The fraction of sp³-hybridized carbons (Fsp3) is 0.750. The van der Waals surface area contributed by atoms with Gasteiger partial charge in [-0.15, -0.1) is 0 Å². The molecule has 0 aliphatic carbocycles. The minimum atomic E-state index is -5.31. The third kappa shape index (κ3) is 6.59. The number of phosphoric acid groups is 2. The van der Waals surface area contributed by atoms with Gasteiger partial charge in [0, 0.05) is 24.3 Å². The zero-order valence-corrected chi connectivity index (χ0v) is 20.3. The van der Waals surface area contributed by atoms with E-state index in [1.54, 1.807) is 0 Å². The van der Waals surface area contributed by atoms with Gasteiger partial charge in [0.25, 0.3) is 0 Å². The molecule has 7 unspecified atom stereocenters. The molecule has 0 aromatic heterocycles. The van der Waals surface area contributed by atoms with Crippen molar-refractivity contribution in [1.29, 1.82) is 0 Å². The van der Waals surface area contributed by atoms with E-state index in [0.717, 1.165) is 5.70 Å². The predicted molar refractivity (Wildman–Crippen MR) is 109 cm³/mol. The molecule has 2 heterocycles. The quantitative estimate of drug-likeness (QED) is 0.430. The molecule has 0 bridgehead atoms. The molecule has 2 rings (SSSR count). The van der Waals surface area contributed by atoms with E-state index in [4.69, 9.17) is 14.2 Å². The van der Waals surface area contributed by atoms with Crippen LogP contribution in [-0.2, 0) is 31.6 Å². The molecular weight excluding hydrogens is 459 g/mol. The maximum Gasteiger partial charge on any atom is 0.488 e. The fourth-order valence-electron chi connectivity index (χ4n) is 3.46. The molecule has 0 saturated carbocycles. The minimum Gasteiger partial charge on any atom is -0.352 e. The number of phosphoric ester groups is 1. The average molecular weight is 489 g/mol. The van der Waals surface area contributed by atoms with E-state index < -0.39 is 36.0 Å². The third-order valence-corrected chi connectivity index (χ3v) is 9.45. The van der Waals surface area contributed by atoms with Crippen molar-refractivity contribution in [3.05, 3.63) is 24.4 Å². The molecule has 0 spiro atoms. The van der Waals surface area contributed by atoms with E-state index in [-0.39, 0.29) is 17.6 Å². The van der Waals surface area contributed by atoms with Gasteiger partial charge in [-0.25, -0.2) is 13.4 Å². The predicted octanol–water partition coefficient (Wildman–Crippen LogP) is 3.46. The Labute approximate surface area is 176 Å². The molecule has 1 fully saturated rings. The molecule has 1 saturated heterocycles. The SMILES string of the molecule is C=C1C=CC(C)CN1C1OC(COP(=O)(O)OP(=O)(O)OP(C)(=O)O)C(C)C1(C)C. The first-order valence-electron chi connectivity index (χ1n) is 9.26. The molecule has 7 atom stereocenters. The maximum absolute atomic E-state index is 12.1. The number of hydrogen-bond donors (Lipinski definition) is 3. The van der Waals surface area contributed by atoms with Gasteiger partial charge in [-0.1, -0.05) is 40.3 Å². The van der Waals surface area contributed by atoms with Gasteiger partial charge in [0.15, 0.2) is 0 Å². The smallest absolute Gasteiger partial charge is 0.352 e. The zero-order chi connectivity index (χ0) is 23.1. The standard InChI is InChI=1S/C16H30NO10P3/c1-11-7-8-12(2)17(9-11)15-16(4,5)13(3)14(25-15)10-24-29(20,21)27-30(22,23)26-28(6,18)19/h7-8,11,13-15H,2,9-10H2,1,3-6H3,(H,18,19)(H,20,21)(H,22,23). The normalized spacial score (nSPS) is 34.9. The van der Waals surface area contributed by atoms with E-state index in [0.29, 0.717) is 19.1 Å². The first kappa shape index (κ1) is 25.9. The Morgan fingerprint density at radius 3 is 2.37 bits per heavy atom. The second-order valence-electron chi connectivity index (χ2n) is 8.32. The lowest BCUT2D eigenvalue weighted by atomic mass is 9.77. The number of nitrogens with zero attached hydrogens (tertiary/aromatic N) is 1. The number of ether oxygens (including phenoxy) is 1. The molecule has 0 radical (unpaired) electrons. The Kier molecular flexibility index (Phi) is 7.71. The molecule has 11 nitrogen and oxygen atoms in total. The maximum atomic E-state index is 12.1. The lowest BCUT2D eigenvalue weighted by molar-refractivity contribution is -0.0833. The third-order valence-electron chi connectivity index (χ3n) is 5.29. The van der Waals surface area contributed by atoms with Crippen LogP contribution in [0.5, 0.6) is 0 Å². The van der Waals surface area contributed by atoms with Crippen LogP contribution in [0.4, 0.5) is 0 Å². The second kappa shape index (κ2) is 8.91. The summed E-state index contributed by atoms with van der Waals surface area (Å²) < 4.78 is 53.8. The van der Waals surface area contributed by atoms with Crippen LogP contribution in [0.2, 0.25) is 0 Å². The topological polar surface area (TPSA) is 152 Å². The molecule has 0 aromatic carbocycles. The van der Waals surface area contributed by atoms with Gasteiger partial charge >= 0.3 is 23.2 Å². The lowest BCUT2D eigenvalue weighted by Gasteiger charge is -2.41. The molecule has 0 amide bonds. The molecule has 3 N–H and O–H groups in total. The molecule has 174 valence electrons. The summed E-state index contributed by atoms with van der Waals surface area (Å²) in [5.74, 6) is 0.174. The van der Waals surface area contributed by atoms with Gasteiger partial charge in [0.2, 0.25) is 0 Å². The summed E-state index contributed by atoms with van der Waals surface area (Å²) >= 11 is 0. The highest BCUT2D eigenvalue weighted by Gasteiger charge is 2.52. The molecule has 2 aliphatic rings. The summed E-state index contributed by atoms with van der Waals surface area (Å²) in [4.78, 5) is 30.2.